The molecule has 5 nitrogen and oxygen atoms in total. The first-order valence-corrected chi connectivity index (χ1v) is 10.2. The van der Waals surface area contributed by atoms with Gasteiger partial charge < -0.3 is 15.0 Å². The average molecular weight is 437 g/mol. The number of halogens is 2. The highest BCUT2D eigenvalue weighted by Gasteiger charge is 2.29. The predicted molar refractivity (Wildman–Crippen MR) is 117 cm³/mol. The topological polar surface area (TPSA) is 58.6 Å². The Balaban J connectivity index is 2.27. The van der Waals surface area contributed by atoms with Gasteiger partial charge in [0, 0.05) is 29.2 Å². The van der Waals surface area contributed by atoms with E-state index in [1.165, 1.54) is 4.90 Å². The number of hydrogen-bond donors (Lipinski definition) is 1. The fraction of sp³-hybridized carbons (Fsp3) is 0.364. The number of ether oxygens (including phenoxy) is 1. The number of nitrogens with zero attached hydrogens (tertiary/aromatic N) is 1. The highest BCUT2D eigenvalue weighted by molar-refractivity contribution is 6.36. The van der Waals surface area contributed by atoms with E-state index in [9.17, 15) is 9.59 Å². The lowest BCUT2D eigenvalue weighted by molar-refractivity contribution is -0.142. The van der Waals surface area contributed by atoms with Gasteiger partial charge in [0.1, 0.15) is 11.8 Å². The van der Waals surface area contributed by atoms with E-state index in [0.717, 1.165) is 11.1 Å². The molecule has 1 N–H and O–H groups in total. The summed E-state index contributed by atoms with van der Waals surface area (Å²) in [5.74, 6) is 0.0330. The van der Waals surface area contributed by atoms with Gasteiger partial charge in [0.05, 0.1) is 0 Å². The molecular weight excluding hydrogens is 411 g/mol. The fourth-order valence-corrected chi connectivity index (χ4v) is 3.70. The number of likely N-dealkylation sites (N-methyl/N-ethyl adjacent to an activating group) is 1. The number of carbonyl (C=O) groups is 2. The number of hydrogen-bond acceptors (Lipinski definition) is 3. The summed E-state index contributed by atoms with van der Waals surface area (Å²) in [4.78, 5) is 26.9. The maximum absolute atomic E-state index is 13.1. The van der Waals surface area contributed by atoms with Crippen LogP contribution in [0.3, 0.4) is 0 Å². The van der Waals surface area contributed by atoms with E-state index in [1.807, 2.05) is 39.0 Å². The van der Waals surface area contributed by atoms with Crippen molar-refractivity contribution >= 4 is 35.0 Å². The van der Waals surface area contributed by atoms with Crippen molar-refractivity contribution in [2.75, 3.05) is 13.7 Å². The number of rotatable bonds is 8. The Bertz CT molecular complexity index is 846. The Kier molecular flexibility index (Phi) is 8.35. The minimum absolute atomic E-state index is 0.111. The number of carbonyl (C=O) groups excluding carboxylic acids is 2. The van der Waals surface area contributed by atoms with E-state index in [2.05, 4.69) is 5.32 Å². The molecule has 0 aliphatic rings. The lowest BCUT2D eigenvalue weighted by Crippen LogP contribution is -2.49. The van der Waals surface area contributed by atoms with Crippen LogP contribution in [0.15, 0.2) is 36.4 Å². The molecule has 2 aromatic rings. The van der Waals surface area contributed by atoms with Crippen molar-refractivity contribution in [2.24, 2.45) is 0 Å². The molecule has 0 saturated heterocycles. The molecular formula is C22H26Cl2N2O3. The van der Waals surface area contributed by atoms with Gasteiger partial charge in [0.15, 0.2) is 6.61 Å². The molecule has 29 heavy (non-hydrogen) atoms. The van der Waals surface area contributed by atoms with Crippen molar-refractivity contribution in [2.45, 2.75) is 39.8 Å². The zero-order valence-corrected chi connectivity index (χ0v) is 18.6. The Morgan fingerprint density at radius 1 is 1.10 bits per heavy atom. The summed E-state index contributed by atoms with van der Waals surface area (Å²) in [5, 5.41) is 3.50. The monoisotopic (exact) mass is 436 g/mol. The summed E-state index contributed by atoms with van der Waals surface area (Å²) in [6.07, 6.45) is 0.442. The first-order valence-electron chi connectivity index (χ1n) is 9.41. The molecule has 0 aliphatic heterocycles. The zero-order chi connectivity index (χ0) is 21.6. The first-order chi connectivity index (χ1) is 13.8. The molecule has 2 amide bonds. The Labute approximate surface area is 181 Å². The van der Waals surface area contributed by atoms with Crippen LogP contribution in [0.25, 0.3) is 0 Å². The van der Waals surface area contributed by atoms with Crippen LogP contribution in [0.2, 0.25) is 10.0 Å². The molecule has 0 heterocycles. The van der Waals surface area contributed by atoms with E-state index in [4.69, 9.17) is 27.9 Å². The number of benzene rings is 2. The Morgan fingerprint density at radius 2 is 1.69 bits per heavy atom. The summed E-state index contributed by atoms with van der Waals surface area (Å²) < 4.78 is 5.73. The van der Waals surface area contributed by atoms with Crippen LogP contribution in [0.1, 0.15) is 30.0 Å². The quantitative estimate of drug-likeness (QED) is 0.660. The third-order valence-electron chi connectivity index (χ3n) is 4.58. The van der Waals surface area contributed by atoms with Gasteiger partial charge in [-0.05, 0) is 55.7 Å². The summed E-state index contributed by atoms with van der Waals surface area (Å²) in [6, 6.07) is 10.2. The maximum Gasteiger partial charge on any atom is 0.261 e. The molecule has 1 atom stereocenters. The zero-order valence-electron chi connectivity index (χ0n) is 17.1. The van der Waals surface area contributed by atoms with Gasteiger partial charge in [0.25, 0.3) is 5.91 Å². The van der Waals surface area contributed by atoms with Gasteiger partial charge in [-0.3, -0.25) is 9.59 Å². The van der Waals surface area contributed by atoms with Crippen molar-refractivity contribution in [1.82, 2.24) is 10.2 Å². The number of amides is 2. The van der Waals surface area contributed by atoms with Gasteiger partial charge >= 0.3 is 0 Å². The third kappa shape index (κ3) is 6.12. The molecule has 0 aliphatic carbocycles. The largest absolute Gasteiger partial charge is 0.484 e. The second kappa shape index (κ2) is 10.5. The summed E-state index contributed by atoms with van der Waals surface area (Å²) in [5.41, 5.74) is 2.69. The van der Waals surface area contributed by atoms with Crippen molar-refractivity contribution < 1.29 is 14.3 Å². The van der Waals surface area contributed by atoms with Gasteiger partial charge in [-0.2, -0.15) is 0 Å². The van der Waals surface area contributed by atoms with Crippen LogP contribution in [0, 0.1) is 13.8 Å². The van der Waals surface area contributed by atoms with Gasteiger partial charge in [-0.15, -0.1) is 0 Å². The lowest BCUT2D eigenvalue weighted by Gasteiger charge is -2.30. The van der Waals surface area contributed by atoms with Crippen molar-refractivity contribution in [3.63, 3.8) is 0 Å². The average Bonchev–Trinajstić information content (AvgIpc) is 2.67. The predicted octanol–water partition coefficient (Wildman–Crippen LogP) is 4.54. The maximum atomic E-state index is 13.1. The molecule has 2 aromatic carbocycles. The van der Waals surface area contributed by atoms with Crippen LogP contribution >= 0.6 is 23.2 Å². The SMILES string of the molecule is CC[C@@H](C(=O)NC)N(Cc1c(Cl)cccc1Cl)C(=O)COc1cc(C)cc(C)c1. The van der Waals surface area contributed by atoms with Gasteiger partial charge in [-0.25, -0.2) is 0 Å². The van der Waals surface area contributed by atoms with E-state index < -0.39 is 6.04 Å². The molecule has 0 fully saturated rings. The van der Waals surface area contributed by atoms with Crippen LogP contribution in [0.5, 0.6) is 5.75 Å². The smallest absolute Gasteiger partial charge is 0.261 e. The molecule has 0 unspecified atom stereocenters. The van der Waals surface area contributed by atoms with Crippen LogP contribution in [-0.4, -0.2) is 36.4 Å². The summed E-state index contributed by atoms with van der Waals surface area (Å²) >= 11 is 12.6. The Hall–Kier alpha value is -2.24. The number of nitrogens with one attached hydrogen (secondary N) is 1. The normalized spacial score (nSPS) is 11.7. The highest BCUT2D eigenvalue weighted by atomic mass is 35.5. The van der Waals surface area contributed by atoms with Crippen LogP contribution < -0.4 is 10.1 Å². The Morgan fingerprint density at radius 3 is 2.21 bits per heavy atom. The van der Waals surface area contributed by atoms with Crippen molar-refractivity contribution in [3.05, 3.63) is 63.1 Å². The van der Waals surface area contributed by atoms with Crippen molar-refractivity contribution in [3.8, 4) is 5.75 Å². The van der Waals surface area contributed by atoms with Crippen molar-refractivity contribution in [1.29, 1.82) is 0 Å². The molecule has 0 radical (unpaired) electrons. The number of aryl methyl sites for hydroxylation is 2. The second-order valence-corrected chi connectivity index (χ2v) is 7.69. The highest BCUT2D eigenvalue weighted by Crippen LogP contribution is 2.27. The molecule has 2 rings (SSSR count). The second-order valence-electron chi connectivity index (χ2n) is 6.87. The third-order valence-corrected chi connectivity index (χ3v) is 5.29. The molecule has 0 spiro atoms. The summed E-state index contributed by atoms with van der Waals surface area (Å²) in [7, 11) is 1.54. The molecule has 156 valence electrons. The molecule has 0 aromatic heterocycles. The van der Waals surface area contributed by atoms with E-state index >= 15 is 0 Å². The lowest BCUT2D eigenvalue weighted by atomic mass is 10.1. The van der Waals surface area contributed by atoms with Gasteiger partial charge in [-0.1, -0.05) is 42.3 Å². The molecule has 0 saturated carbocycles. The standard InChI is InChI=1S/C22H26Cl2N2O3/c1-5-20(22(28)25-4)26(12-17-18(23)7-6-8-19(17)24)21(27)13-29-16-10-14(2)9-15(3)11-16/h6-11,20H,5,12-13H2,1-4H3,(H,25,28)/t20-/m0/s1. The molecule has 7 heteroatoms. The van der Waals surface area contributed by atoms with E-state index in [1.54, 1.807) is 25.2 Å². The van der Waals surface area contributed by atoms with E-state index in [0.29, 0.717) is 27.8 Å². The first kappa shape index (κ1) is 23.0. The minimum Gasteiger partial charge on any atom is -0.484 e. The minimum atomic E-state index is -0.664. The van der Waals surface area contributed by atoms with E-state index in [-0.39, 0.29) is 25.0 Å². The molecule has 0 bridgehead atoms. The van der Waals surface area contributed by atoms with Gasteiger partial charge in [0.2, 0.25) is 5.91 Å². The fourth-order valence-electron chi connectivity index (χ4n) is 3.18. The summed E-state index contributed by atoms with van der Waals surface area (Å²) in [6.45, 7) is 5.69. The van der Waals surface area contributed by atoms with Crippen LogP contribution in [0.4, 0.5) is 0 Å². The van der Waals surface area contributed by atoms with Crippen LogP contribution in [-0.2, 0) is 16.1 Å².